The highest BCUT2D eigenvalue weighted by molar-refractivity contribution is 7.99. The fraction of sp³-hybridized carbons (Fsp3) is 0.500. The lowest BCUT2D eigenvalue weighted by molar-refractivity contribution is -0.173. The predicted molar refractivity (Wildman–Crippen MR) is 66.9 cm³/mol. The Hall–Kier alpha value is -0.720. The average molecular weight is 279 g/mol. The van der Waals surface area contributed by atoms with Gasteiger partial charge in [-0.2, -0.15) is 13.2 Å². The summed E-state index contributed by atoms with van der Waals surface area (Å²) in [5.74, 6) is 0.878. The van der Waals surface area contributed by atoms with Gasteiger partial charge in [-0.15, -0.1) is 11.8 Å². The van der Waals surface area contributed by atoms with Crippen LogP contribution >= 0.6 is 11.8 Å². The fourth-order valence-corrected chi connectivity index (χ4v) is 2.05. The first-order valence-corrected chi connectivity index (χ1v) is 6.59. The first kappa shape index (κ1) is 15.3. The number of halogens is 3. The van der Waals surface area contributed by atoms with Crippen molar-refractivity contribution in [2.75, 3.05) is 32.1 Å². The van der Waals surface area contributed by atoms with Crippen molar-refractivity contribution >= 4 is 11.8 Å². The third-order valence-electron chi connectivity index (χ3n) is 1.98. The summed E-state index contributed by atoms with van der Waals surface area (Å²) >= 11 is 1.71. The van der Waals surface area contributed by atoms with Crippen LogP contribution in [0.15, 0.2) is 35.2 Å². The second-order valence-electron chi connectivity index (χ2n) is 3.58. The molecule has 6 heteroatoms. The van der Waals surface area contributed by atoms with E-state index in [2.05, 4.69) is 10.1 Å². The molecule has 0 radical (unpaired) electrons. The molecule has 102 valence electrons. The molecule has 0 aliphatic rings. The Kier molecular flexibility index (Phi) is 7.15. The average Bonchev–Trinajstić information content (AvgIpc) is 2.32. The molecule has 0 aliphatic heterocycles. The van der Waals surface area contributed by atoms with Crippen LogP contribution in [-0.4, -0.2) is 38.2 Å². The highest BCUT2D eigenvalue weighted by Gasteiger charge is 2.27. The molecule has 0 unspecified atom stereocenters. The van der Waals surface area contributed by atoms with Gasteiger partial charge >= 0.3 is 6.18 Å². The van der Waals surface area contributed by atoms with Crippen molar-refractivity contribution in [1.29, 1.82) is 0 Å². The van der Waals surface area contributed by atoms with Crippen LogP contribution in [0, 0.1) is 0 Å². The molecule has 0 saturated carbocycles. The van der Waals surface area contributed by atoms with Crippen LogP contribution in [0.3, 0.4) is 0 Å². The van der Waals surface area contributed by atoms with Crippen LogP contribution in [0.25, 0.3) is 0 Å². The molecule has 1 aromatic carbocycles. The molecule has 2 nitrogen and oxygen atoms in total. The van der Waals surface area contributed by atoms with Gasteiger partial charge in [0, 0.05) is 23.7 Å². The summed E-state index contributed by atoms with van der Waals surface area (Å²) in [5.41, 5.74) is 0. The zero-order valence-corrected chi connectivity index (χ0v) is 10.7. The summed E-state index contributed by atoms with van der Waals surface area (Å²) in [5, 5.41) is 3.03. The quantitative estimate of drug-likeness (QED) is 0.584. The van der Waals surface area contributed by atoms with Crippen molar-refractivity contribution in [2.45, 2.75) is 11.1 Å². The number of hydrogen-bond donors (Lipinski definition) is 1. The van der Waals surface area contributed by atoms with Gasteiger partial charge in [0.25, 0.3) is 0 Å². The Morgan fingerprint density at radius 2 is 1.83 bits per heavy atom. The molecule has 0 aliphatic carbocycles. The van der Waals surface area contributed by atoms with E-state index in [4.69, 9.17) is 0 Å². The molecule has 0 spiro atoms. The third kappa shape index (κ3) is 8.38. The van der Waals surface area contributed by atoms with E-state index in [9.17, 15) is 13.2 Å². The van der Waals surface area contributed by atoms with Gasteiger partial charge in [0.15, 0.2) is 0 Å². The van der Waals surface area contributed by atoms with Gasteiger partial charge in [-0.05, 0) is 12.1 Å². The van der Waals surface area contributed by atoms with Crippen LogP contribution in [0.1, 0.15) is 0 Å². The molecule has 0 atom stereocenters. The highest BCUT2D eigenvalue weighted by Crippen LogP contribution is 2.15. The van der Waals surface area contributed by atoms with Crippen LogP contribution in [0.5, 0.6) is 0 Å². The third-order valence-corrected chi connectivity index (χ3v) is 2.99. The second-order valence-corrected chi connectivity index (χ2v) is 4.75. The molecule has 1 rings (SSSR count). The molecule has 1 aromatic rings. The number of nitrogens with one attached hydrogen (secondary N) is 1. The number of benzene rings is 1. The van der Waals surface area contributed by atoms with Crippen molar-refractivity contribution in [3.63, 3.8) is 0 Å². The second kappa shape index (κ2) is 8.39. The summed E-state index contributed by atoms with van der Waals surface area (Å²) < 4.78 is 39.6. The lowest BCUT2D eigenvalue weighted by Gasteiger charge is -2.08. The van der Waals surface area contributed by atoms with Crippen molar-refractivity contribution in [1.82, 2.24) is 5.32 Å². The molecule has 1 N–H and O–H groups in total. The van der Waals surface area contributed by atoms with E-state index in [0.717, 1.165) is 12.3 Å². The Labute approximate surface area is 109 Å². The number of rotatable bonds is 8. The van der Waals surface area contributed by atoms with Crippen molar-refractivity contribution in [3.8, 4) is 0 Å². The van der Waals surface area contributed by atoms with Crippen LogP contribution in [-0.2, 0) is 4.74 Å². The Balaban J connectivity index is 1.90. The molecule has 0 saturated heterocycles. The maximum absolute atomic E-state index is 11.7. The van der Waals surface area contributed by atoms with Crippen LogP contribution < -0.4 is 5.32 Å². The first-order chi connectivity index (χ1) is 8.58. The summed E-state index contributed by atoms with van der Waals surface area (Å²) in [4.78, 5) is 1.19. The standard InChI is InChI=1S/C12H16F3NOS/c13-12(14,15)10-17-8-6-16-7-9-18-11-4-2-1-3-5-11/h1-5,16H,6-10H2. The fourth-order valence-electron chi connectivity index (χ4n) is 1.22. The monoisotopic (exact) mass is 279 g/mol. The minimum Gasteiger partial charge on any atom is -0.371 e. The Bertz CT molecular complexity index is 319. The van der Waals surface area contributed by atoms with Crippen molar-refractivity contribution < 1.29 is 17.9 Å². The first-order valence-electron chi connectivity index (χ1n) is 5.61. The normalized spacial score (nSPS) is 11.7. The minimum absolute atomic E-state index is 0.0789. The van der Waals surface area contributed by atoms with E-state index in [0.29, 0.717) is 6.54 Å². The summed E-state index contributed by atoms with van der Waals surface area (Å²) in [6.07, 6.45) is -4.23. The predicted octanol–water partition coefficient (Wildman–Crippen LogP) is 2.95. The molecule has 0 bridgehead atoms. The topological polar surface area (TPSA) is 21.3 Å². The van der Waals surface area contributed by atoms with Gasteiger partial charge in [0.2, 0.25) is 0 Å². The maximum Gasteiger partial charge on any atom is 0.411 e. The highest BCUT2D eigenvalue weighted by atomic mass is 32.2. The van der Waals surface area contributed by atoms with Gasteiger partial charge in [-0.25, -0.2) is 0 Å². The molecular formula is C12H16F3NOS. The number of ether oxygens (including phenoxy) is 1. The van der Waals surface area contributed by atoms with E-state index < -0.39 is 12.8 Å². The zero-order chi connectivity index (χ0) is 13.3. The largest absolute Gasteiger partial charge is 0.411 e. The van der Waals surface area contributed by atoms with Gasteiger partial charge < -0.3 is 10.1 Å². The Morgan fingerprint density at radius 1 is 1.11 bits per heavy atom. The number of alkyl halides is 3. The molecule has 18 heavy (non-hydrogen) atoms. The Morgan fingerprint density at radius 3 is 2.50 bits per heavy atom. The molecule has 0 heterocycles. The lowest BCUT2D eigenvalue weighted by atomic mass is 10.4. The van der Waals surface area contributed by atoms with Crippen LogP contribution in [0.4, 0.5) is 13.2 Å². The van der Waals surface area contributed by atoms with Gasteiger partial charge in [-0.3, -0.25) is 0 Å². The van der Waals surface area contributed by atoms with Crippen molar-refractivity contribution in [2.24, 2.45) is 0 Å². The minimum atomic E-state index is -4.23. The number of hydrogen-bond acceptors (Lipinski definition) is 3. The van der Waals surface area contributed by atoms with E-state index in [1.807, 2.05) is 30.3 Å². The van der Waals surface area contributed by atoms with Crippen molar-refractivity contribution in [3.05, 3.63) is 30.3 Å². The molecule has 0 fully saturated rings. The van der Waals surface area contributed by atoms with E-state index in [1.54, 1.807) is 11.8 Å². The van der Waals surface area contributed by atoms with Gasteiger partial charge in [-0.1, -0.05) is 18.2 Å². The van der Waals surface area contributed by atoms with Gasteiger partial charge in [0.05, 0.1) is 6.61 Å². The molecule has 0 aromatic heterocycles. The van der Waals surface area contributed by atoms with Gasteiger partial charge in [0.1, 0.15) is 6.61 Å². The van der Waals surface area contributed by atoms with E-state index in [-0.39, 0.29) is 6.61 Å². The molecular weight excluding hydrogens is 263 g/mol. The maximum atomic E-state index is 11.7. The smallest absolute Gasteiger partial charge is 0.371 e. The summed E-state index contributed by atoms with van der Waals surface area (Å²) in [6, 6.07) is 9.95. The van der Waals surface area contributed by atoms with Crippen LogP contribution in [0.2, 0.25) is 0 Å². The summed E-state index contributed by atoms with van der Waals surface area (Å²) in [7, 11) is 0. The summed E-state index contributed by atoms with van der Waals surface area (Å²) in [6.45, 7) is 0.0866. The SMILES string of the molecule is FC(F)(F)COCCNCCSc1ccccc1. The number of thioether (sulfide) groups is 1. The lowest BCUT2D eigenvalue weighted by Crippen LogP contribution is -2.25. The molecule has 0 amide bonds. The van der Waals surface area contributed by atoms with E-state index >= 15 is 0 Å². The zero-order valence-electron chi connectivity index (χ0n) is 9.87. The van der Waals surface area contributed by atoms with E-state index in [1.165, 1.54) is 4.90 Å².